The van der Waals surface area contributed by atoms with E-state index in [4.69, 9.17) is 5.73 Å². The summed E-state index contributed by atoms with van der Waals surface area (Å²) in [6, 6.07) is 0. The molecule has 1 heterocycles. The molecule has 0 radical (unpaired) electrons. The number of anilines is 1. The van der Waals surface area contributed by atoms with Gasteiger partial charge in [0.2, 0.25) is 5.91 Å². The van der Waals surface area contributed by atoms with Gasteiger partial charge in [-0.15, -0.1) is 0 Å². The van der Waals surface area contributed by atoms with Gasteiger partial charge in [0.1, 0.15) is 0 Å². The van der Waals surface area contributed by atoms with Crippen molar-refractivity contribution in [2.75, 3.05) is 11.9 Å². The predicted molar refractivity (Wildman–Crippen MR) is 58.1 cm³/mol. The van der Waals surface area contributed by atoms with E-state index in [1.165, 1.54) is 12.4 Å². The van der Waals surface area contributed by atoms with Gasteiger partial charge in [-0.2, -0.15) is 0 Å². The monoisotopic (exact) mass is 208 g/mol. The number of aromatic nitrogens is 2. The van der Waals surface area contributed by atoms with Crippen LogP contribution in [0.1, 0.15) is 19.8 Å². The molecule has 0 aromatic carbocycles. The fraction of sp³-hybridized carbons (Fsp3) is 0.500. The summed E-state index contributed by atoms with van der Waals surface area (Å²) >= 11 is 0. The number of carbonyl (C=O) groups is 1. The molecule has 3 N–H and O–H groups in total. The lowest BCUT2D eigenvalue weighted by molar-refractivity contribution is -0.116. The first-order valence-electron chi connectivity index (χ1n) is 4.98. The molecule has 1 aromatic rings. The Morgan fingerprint density at radius 2 is 2.40 bits per heavy atom. The van der Waals surface area contributed by atoms with Gasteiger partial charge < -0.3 is 11.1 Å². The summed E-state index contributed by atoms with van der Waals surface area (Å²) in [7, 11) is 0. The van der Waals surface area contributed by atoms with E-state index in [1.807, 2.05) is 6.92 Å². The van der Waals surface area contributed by atoms with Crippen LogP contribution < -0.4 is 11.1 Å². The Morgan fingerprint density at radius 3 is 3.00 bits per heavy atom. The minimum Gasteiger partial charge on any atom is -0.330 e. The van der Waals surface area contributed by atoms with Crippen LogP contribution in [0.25, 0.3) is 0 Å². The van der Waals surface area contributed by atoms with Crippen LogP contribution in [0.3, 0.4) is 0 Å². The third-order valence-corrected chi connectivity index (χ3v) is 2.10. The van der Waals surface area contributed by atoms with Crippen LogP contribution in [0, 0.1) is 5.92 Å². The normalized spacial score (nSPS) is 12.1. The quantitative estimate of drug-likeness (QED) is 0.749. The summed E-state index contributed by atoms with van der Waals surface area (Å²) in [5, 5.41) is 2.67. The van der Waals surface area contributed by atoms with Crippen LogP contribution in [0.2, 0.25) is 0 Å². The molecule has 0 bridgehead atoms. The standard InChI is InChI=1S/C10H16N4O/c1-8(6-11)2-3-10(15)14-9-7-12-4-5-13-9/h4-5,7-8H,2-3,6,11H2,1H3,(H,13,14,15). The van der Waals surface area contributed by atoms with Crippen molar-refractivity contribution in [3.05, 3.63) is 18.6 Å². The fourth-order valence-electron chi connectivity index (χ4n) is 1.06. The highest BCUT2D eigenvalue weighted by Gasteiger charge is 2.06. The molecule has 0 saturated carbocycles. The average molecular weight is 208 g/mol. The van der Waals surface area contributed by atoms with Crippen molar-refractivity contribution >= 4 is 11.7 Å². The maximum atomic E-state index is 11.4. The second-order valence-electron chi connectivity index (χ2n) is 3.52. The number of rotatable bonds is 5. The number of nitrogens with one attached hydrogen (secondary N) is 1. The fourth-order valence-corrected chi connectivity index (χ4v) is 1.06. The SMILES string of the molecule is CC(CN)CCC(=O)Nc1cnccn1. The van der Waals surface area contributed by atoms with E-state index in [0.717, 1.165) is 6.42 Å². The van der Waals surface area contributed by atoms with E-state index < -0.39 is 0 Å². The second kappa shape index (κ2) is 6.08. The summed E-state index contributed by atoms with van der Waals surface area (Å²) < 4.78 is 0. The van der Waals surface area contributed by atoms with Crippen molar-refractivity contribution in [2.24, 2.45) is 11.7 Å². The number of amides is 1. The van der Waals surface area contributed by atoms with Crippen molar-refractivity contribution < 1.29 is 4.79 Å². The Labute approximate surface area is 89.1 Å². The predicted octanol–water partition coefficient (Wildman–Crippen LogP) is 0.790. The van der Waals surface area contributed by atoms with Crippen LogP contribution >= 0.6 is 0 Å². The first-order chi connectivity index (χ1) is 7.22. The molecule has 1 atom stereocenters. The number of hydrogen-bond acceptors (Lipinski definition) is 4. The van der Waals surface area contributed by atoms with E-state index in [1.54, 1.807) is 6.20 Å². The van der Waals surface area contributed by atoms with Crippen LogP contribution in [0.4, 0.5) is 5.82 Å². The lowest BCUT2D eigenvalue weighted by atomic mass is 10.1. The highest BCUT2D eigenvalue weighted by Crippen LogP contribution is 2.05. The van der Waals surface area contributed by atoms with Crippen molar-refractivity contribution in [3.8, 4) is 0 Å². The molecule has 1 rings (SSSR count). The second-order valence-corrected chi connectivity index (χ2v) is 3.52. The lowest BCUT2D eigenvalue weighted by Gasteiger charge is -2.07. The van der Waals surface area contributed by atoms with Gasteiger partial charge in [0.05, 0.1) is 6.20 Å². The Kier molecular flexibility index (Phi) is 4.70. The molecule has 0 saturated heterocycles. The zero-order valence-corrected chi connectivity index (χ0v) is 8.81. The van der Waals surface area contributed by atoms with Crippen LogP contribution in [0.15, 0.2) is 18.6 Å². The molecule has 82 valence electrons. The van der Waals surface area contributed by atoms with E-state index in [9.17, 15) is 4.79 Å². The molecule has 0 aliphatic heterocycles. The zero-order chi connectivity index (χ0) is 11.1. The Hall–Kier alpha value is -1.49. The van der Waals surface area contributed by atoms with E-state index in [-0.39, 0.29) is 5.91 Å². The molecule has 0 spiro atoms. The van der Waals surface area contributed by atoms with Gasteiger partial charge in [0.25, 0.3) is 0 Å². The van der Waals surface area contributed by atoms with Gasteiger partial charge in [-0.1, -0.05) is 6.92 Å². The molecule has 0 fully saturated rings. The minimum atomic E-state index is -0.0456. The van der Waals surface area contributed by atoms with Crippen molar-refractivity contribution in [2.45, 2.75) is 19.8 Å². The minimum absolute atomic E-state index is 0.0456. The highest BCUT2D eigenvalue weighted by atomic mass is 16.1. The third-order valence-electron chi connectivity index (χ3n) is 2.10. The lowest BCUT2D eigenvalue weighted by Crippen LogP contribution is -2.16. The maximum absolute atomic E-state index is 11.4. The number of hydrogen-bond donors (Lipinski definition) is 2. The molecule has 1 unspecified atom stereocenters. The molecule has 1 aromatic heterocycles. The van der Waals surface area contributed by atoms with E-state index >= 15 is 0 Å². The molecule has 15 heavy (non-hydrogen) atoms. The Bertz CT molecular complexity index is 302. The number of nitrogens with zero attached hydrogens (tertiary/aromatic N) is 2. The van der Waals surface area contributed by atoms with E-state index in [2.05, 4.69) is 15.3 Å². The zero-order valence-electron chi connectivity index (χ0n) is 8.81. The maximum Gasteiger partial charge on any atom is 0.225 e. The first-order valence-corrected chi connectivity index (χ1v) is 4.98. The van der Waals surface area contributed by atoms with Gasteiger partial charge in [-0.05, 0) is 18.9 Å². The summed E-state index contributed by atoms with van der Waals surface area (Å²) in [6.07, 6.45) is 5.88. The van der Waals surface area contributed by atoms with Crippen LogP contribution in [-0.2, 0) is 4.79 Å². The topological polar surface area (TPSA) is 80.9 Å². The Balaban J connectivity index is 2.31. The molecule has 5 nitrogen and oxygen atoms in total. The van der Waals surface area contributed by atoms with Crippen LogP contribution in [0.5, 0.6) is 0 Å². The first kappa shape index (κ1) is 11.6. The van der Waals surface area contributed by atoms with Gasteiger partial charge >= 0.3 is 0 Å². The molecule has 0 aliphatic rings. The molecular weight excluding hydrogens is 192 g/mol. The summed E-state index contributed by atoms with van der Waals surface area (Å²) in [6.45, 7) is 2.63. The molecule has 0 aliphatic carbocycles. The van der Waals surface area contributed by atoms with Crippen molar-refractivity contribution in [1.82, 2.24) is 9.97 Å². The summed E-state index contributed by atoms with van der Waals surface area (Å²) in [4.78, 5) is 19.2. The van der Waals surface area contributed by atoms with Gasteiger partial charge in [0.15, 0.2) is 5.82 Å². The summed E-state index contributed by atoms with van der Waals surface area (Å²) in [5.74, 6) is 0.816. The van der Waals surface area contributed by atoms with Gasteiger partial charge in [-0.25, -0.2) is 4.98 Å². The number of nitrogens with two attached hydrogens (primary N) is 1. The molecule has 5 heteroatoms. The van der Waals surface area contributed by atoms with Crippen molar-refractivity contribution in [1.29, 1.82) is 0 Å². The smallest absolute Gasteiger partial charge is 0.225 e. The molecule has 1 amide bonds. The highest BCUT2D eigenvalue weighted by molar-refractivity contribution is 5.89. The average Bonchev–Trinajstić information content (AvgIpc) is 2.27. The van der Waals surface area contributed by atoms with Crippen molar-refractivity contribution in [3.63, 3.8) is 0 Å². The van der Waals surface area contributed by atoms with Gasteiger partial charge in [-0.3, -0.25) is 9.78 Å². The Morgan fingerprint density at radius 1 is 1.60 bits per heavy atom. The molecular formula is C10H16N4O. The summed E-state index contributed by atoms with van der Waals surface area (Å²) in [5.41, 5.74) is 5.46. The largest absolute Gasteiger partial charge is 0.330 e. The van der Waals surface area contributed by atoms with Gasteiger partial charge in [0, 0.05) is 18.8 Å². The number of carbonyl (C=O) groups excluding carboxylic acids is 1. The third kappa shape index (κ3) is 4.51. The van der Waals surface area contributed by atoms with Crippen LogP contribution in [-0.4, -0.2) is 22.4 Å². The van der Waals surface area contributed by atoms with E-state index in [0.29, 0.717) is 24.7 Å².